The Morgan fingerprint density at radius 1 is 1.11 bits per heavy atom. The number of rotatable bonds is 5. The van der Waals surface area contributed by atoms with Gasteiger partial charge in [0, 0.05) is 5.69 Å². The summed E-state index contributed by atoms with van der Waals surface area (Å²) in [5.41, 5.74) is 7.44. The number of aromatic nitrogens is 1. The number of benzene rings is 1. The molecule has 0 fully saturated rings. The molecule has 0 aliphatic heterocycles. The van der Waals surface area contributed by atoms with Gasteiger partial charge in [0.05, 0.1) is 18.5 Å². The summed E-state index contributed by atoms with van der Waals surface area (Å²) in [6.07, 6.45) is 1.71. The minimum atomic E-state index is 0.517. The summed E-state index contributed by atoms with van der Waals surface area (Å²) >= 11 is 0. The van der Waals surface area contributed by atoms with Crippen molar-refractivity contribution in [1.82, 2.24) is 4.98 Å². The van der Waals surface area contributed by atoms with Crippen LogP contribution in [0.2, 0.25) is 0 Å². The molecule has 0 aliphatic rings. The molecule has 0 saturated carbocycles. The molecule has 0 atom stereocenters. The lowest BCUT2D eigenvalue weighted by Gasteiger charge is -2.10. The predicted octanol–water partition coefficient (Wildman–Crippen LogP) is 3.44. The zero-order valence-corrected chi connectivity index (χ0v) is 11.3. The molecule has 0 amide bonds. The molecule has 1 heterocycles. The van der Waals surface area contributed by atoms with Gasteiger partial charge in [0.1, 0.15) is 11.6 Å². The highest BCUT2D eigenvalue weighted by Crippen LogP contribution is 2.20. The van der Waals surface area contributed by atoms with E-state index in [-0.39, 0.29) is 0 Å². The van der Waals surface area contributed by atoms with Gasteiger partial charge in [-0.3, -0.25) is 0 Å². The SMILES string of the molecule is CC(C)COc1ccc(Nc2ccc(N)nc2)cc1. The van der Waals surface area contributed by atoms with E-state index in [4.69, 9.17) is 10.5 Å². The van der Waals surface area contributed by atoms with E-state index in [0.29, 0.717) is 11.7 Å². The van der Waals surface area contributed by atoms with Crippen LogP contribution < -0.4 is 15.8 Å². The first-order chi connectivity index (χ1) is 9.13. The standard InChI is InChI=1S/C15H19N3O/c1-11(2)10-19-14-6-3-12(4-7-14)18-13-5-8-15(16)17-9-13/h3-9,11,18H,10H2,1-2H3,(H2,16,17). The van der Waals surface area contributed by atoms with Crippen molar-refractivity contribution in [3.63, 3.8) is 0 Å². The second-order valence-electron chi connectivity index (χ2n) is 4.83. The molecule has 4 nitrogen and oxygen atoms in total. The van der Waals surface area contributed by atoms with Crippen molar-refractivity contribution in [3.8, 4) is 5.75 Å². The molecule has 0 aliphatic carbocycles. The van der Waals surface area contributed by atoms with Crippen molar-refractivity contribution < 1.29 is 4.74 Å². The number of hydrogen-bond acceptors (Lipinski definition) is 4. The molecule has 1 aromatic carbocycles. The highest BCUT2D eigenvalue weighted by molar-refractivity contribution is 5.60. The number of anilines is 3. The summed E-state index contributed by atoms with van der Waals surface area (Å²) < 4.78 is 5.63. The number of nitrogen functional groups attached to an aromatic ring is 1. The van der Waals surface area contributed by atoms with Crippen LogP contribution in [0.5, 0.6) is 5.75 Å². The number of nitrogens with zero attached hydrogens (tertiary/aromatic N) is 1. The van der Waals surface area contributed by atoms with Crippen molar-refractivity contribution >= 4 is 17.2 Å². The zero-order chi connectivity index (χ0) is 13.7. The first-order valence-electron chi connectivity index (χ1n) is 6.35. The predicted molar refractivity (Wildman–Crippen MR) is 78.7 cm³/mol. The minimum Gasteiger partial charge on any atom is -0.493 e. The summed E-state index contributed by atoms with van der Waals surface area (Å²) in [5, 5.41) is 3.25. The smallest absolute Gasteiger partial charge is 0.123 e. The summed E-state index contributed by atoms with van der Waals surface area (Å²) in [4.78, 5) is 4.03. The van der Waals surface area contributed by atoms with E-state index in [9.17, 15) is 0 Å². The number of nitrogens with two attached hydrogens (primary N) is 1. The minimum absolute atomic E-state index is 0.517. The van der Waals surface area contributed by atoms with Crippen LogP contribution in [0.25, 0.3) is 0 Å². The lowest BCUT2D eigenvalue weighted by atomic mass is 10.2. The fourth-order valence-corrected chi connectivity index (χ4v) is 1.54. The van der Waals surface area contributed by atoms with Gasteiger partial charge in [-0.25, -0.2) is 4.98 Å². The van der Waals surface area contributed by atoms with E-state index in [0.717, 1.165) is 23.7 Å². The Bertz CT molecular complexity index is 506. The normalized spacial score (nSPS) is 10.5. The average molecular weight is 257 g/mol. The monoisotopic (exact) mass is 257 g/mol. The maximum absolute atomic E-state index is 5.63. The zero-order valence-electron chi connectivity index (χ0n) is 11.3. The second kappa shape index (κ2) is 6.09. The van der Waals surface area contributed by atoms with E-state index in [1.165, 1.54) is 0 Å². The van der Waals surface area contributed by atoms with E-state index in [2.05, 4.69) is 24.1 Å². The second-order valence-corrected chi connectivity index (χ2v) is 4.83. The molecular formula is C15H19N3O. The van der Waals surface area contributed by atoms with Crippen LogP contribution in [-0.4, -0.2) is 11.6 Å². The Morgan fingerprint density at radius 3 is 2.37 bits per heavy atom. The largest absolute Gasteiger partial charge is 0.493 e. The van der Waals surface area contributed by atoms with Crippen molar-refractivity contribution in [2.75, 3.05) is 17.7 Å². The first-order valence-corrected chi connectivity index (χ1v) is 6.35. The molecule has 0 spiro atoms. The molecule has 3 N–H and O–H groups in total. The molecular weight excluding hydrogens is 238 g/mol. The third kappa shape index (κ3) is 4.17. The third-order valence-electron chi connectivity index (χ3n) is 2.51. The molecule has 100 valence electrons. The number of ether oxygens (including phenoxy) is 1. The number of hydrogen-bond donors (Lipinski definition) is 2. The molecule has 19 heavy (non-hydrogen) atoms. The molecule has 0 bridgehead atoms. The molecule has 0 radical (unpaired) electrons. The average Bonchev–Trinajstić information content (AvgIpc) is 2.40. The van der Waals surface area contributed by atoms with Crippen LogP contribution in [0.3, 0.4) is 0 Å². The fraction of sp³-hybridized carbons (Fsp3) is 0.267. The lowest BCUT2D eigenvalue weighted by molar-refractivity contribution is 0.271. The molecule has 2 rings (SSSR count). The van der Waals surface area contributed by atoms with Crippen LogP contribution in [0.1, 0.15) is 13.8 Å². The van der Waals surface area contributed by atoms with Crippen LogP contribution in [0, 0.1) is 5.92 Å². The van der Waals surface area contributed by atoms with Gasteiger partial charge >= 0.3 is 0 Å². The van der Waals surface area contributed by atoms with E-state index in [1.807, 2.05) is 30.3 Å². The molecule has 2 aromatic rings. The number of pyridine rings is 1. The lowest BCUT2D eigenvalue weighted by Crippen LogP contribution is -2.04. The van der Waals surface area contributed by atoms with Gasteiger partial charge in [-0.1, -0.05) is 13.8 Å². The van der Waals surface area contributed by atoms with Crippen LogP contribution in [-0.2, 0) is 0 Å². The molecule has 0 saturated heterocycles. The van der Waals surface area contributed by atoms with Crippen molar-refractivity contribution in [1.29, 1.82) is 0 Å². The van der Waals surface area contributed by atoms with Gasteiger partial charge in [0.2, 0.25) is 0 Å². The Balaban J connectivity index is 1.96. The maximum Gasteiger partial charge on any atom is 0.123 e. The van der Waals surface area contributed by atoms with Gasteiger partial charge in [0.15, 0.2) is 0 Å². The van der Waals surface area contributed by atoms with Gasteiger partial charge in [-0.05, 0) is 42.3 Å². The van der Waals surface area contributed by atoms with E-state index < -0.39 is 0 Å². The van der Waals surface area contributed by atoms with Crippen molar-refractivity contribution in [3.05, 3.63) is 42.6 Å². The summed E-state index contributed by atoms with van der Waals surface area (Å²) in [6.45, 7) is 4.99. The third-order valence-corrected chi connectivity index (χ3v) is 2.51. The Hall–Kier alpha value is -2.23. The van der Waals surface area contributed by atoms with E-state index >= 15 is 0 Å². The van der Waals surface area contributed by atoms with Crippen LogP contribution in [0.15, 0.2) is 42.6 Å². The summed E-state index contributed by atoms with van der Waals surface area (Å²) in [6, 6.07) is 11.5. The van der Waals surface area contributed by atoms with Crippen LogP contribution in [0.4, 0.5) is 17.2 Å². The Labute approximate surface area is 113 Å². The van der Waals surface area contributed by atoms with Gasteiger partial charge in [0.25, 0.3) is 0 Å². The summed E-state index contributed by atoms with van der Waals surface area (Å²) in [5.74, 6) is 1.93. The van der Waals surface area contributed by atoms with Crippen LogP contribution >= 0.6 is 0 Å². The molecule has 0 unspecified atom stereocenters. The molecule has 4 heteroatoms. The van der Waals surface area contributed by atoms with Gasteiger partial charge < -0.3 is 15.8 Å². The Kier molecular flexibility index (Phi) is 4.23. The van der Waals surface area contributed by atoms with Crippen molar-refractivity contribution in [2.45, 2.75) is 13.8 Å². The highest BCUT2D eigenvalue weighted by atomic mass is 16.5. The van der Waals surface area contributed by atoms with Gasteiger partial charge in [-0.2, -0.15) is 0 Å². The topological polar surface area (TPSA) is 60.2 Å². The summed E-state index contributed by atoms with van der Waals surface area (Å²) in [7, 11) is 0. The maximum atomic E-state index is 5.63. The van der Waals surface area contributed by atoms with Gasteiger partial charge in [-0.15, -0.1) is 0 Å². The number of nitrogens with one attached hydrogen (secondary N) is 1. The Morgan fingerprint density at radius 2 is 1.79 bits per heavy atom. The first kappa shape index (κ1) is 13.2. The highest BCUT2D eigenvalue weighted by Gasteiger charge is 1.99. The van der Waals surface area contributed by atoms with Crippen molar-refractivity contribution in [2.24, 2.45) is 5.92 Å². The fourth-order valence-electron chi connectivity index (χ4n) is 1.54. The quantitative estimate of drug-likeness (QED) is 0.861. The van der Waals surface area contributed by atoms with E-state index in [1.54, 1.807) is 12.3 Å². The molecule has 1 aromatic heterocycles.